The van der Waals surface area contributed by atoms with Gasteiger partial charge >= 0.3 is 6.18 Å². The Kier molecular flexibility index (Phi) is 4.36. The van der Waals surface area contributed by atoms with Gasteiger partial charge in [0.2, 0.25) is 0 Å². The van der Waals surface area contributed by atoms with E-state index in [1.165, 1.54) is 12.1 Å². The van der Waals surface area contributed by atoms with Crippen LogP contribution >= 0.6 is 15.9 Å². The Hall–Kier alpha value is -1.11. The molecule has 1 atom stereocenters. The summed E-state index contributed by atoms with van der Waals surface area (Å²) in [5, 5.41) is 0. The van der Waals surface area contributed by atoms with E-state index in [0.717, 1.165) is 11.0 Å². The molecule has 1 aliphatic rings. The van der Waals surface area contributed by atoms with Gasteiger partial charge in [0.15, 0.2) is 0 Å². The summed E-state index contributed by atoms with van der Waals surface area (Å²) in [6.07, 6.45) is -4.04. The standard InChI is InChI=1S/C13H12BrF4NO/c14-9-3-4-10(11(15)6-9)12(20)19-5-1-2-8(7-19)13(16,17)18/h3-4,6,8H,1-2,5,7H2. The van der Waals surface area contributed by atoms with E-state index in [1.54, 1.807) is 0 Å². The van der Waals surface area contributed by atoms with E-state index < -0.39 is 30.4 Å². The molecule has 110 valence electrons. The minimum absolute atomic E-state index is 0.0100. The summed E-state index contributed by atoms with van der Waals surface area (Å²) in [5.74, 6) is -2.96. The molecule has 1 amide bonds. The molecule has 0 aliphatic carbocycles. The fraction of sp³-hybridized carbons (Fsp3) is 0.462. The molecule has 0 N–H and O–H groups in total. The van der Waals surface area contributed by atoms with Crippen molar-refractivity contribution in [1.82, 2.24) is 4.90 Å². The number of hydrogen-bond acceptors (Lipinski definition) is 1. The Bertz CT molecular complexity index is 518. The Morgan fingerprint density at radius 3 is 2.65 bits per heavy atom. The molecule has 1 aromatic rings. The second kappa shape index (κ2) is 5.71. The Labute approximate surface area is 121 Å². The summed E-state index contributed by atoms with van der Waals surface area (Å²) in [4.78, 5) is 13.2. The van der Waals surface area contributed by atoms with Crippen molar-refractivity contribution in [3.8, 4) is 0 Å². The molecular weight excluding hydrogens is 342 g/mol. The molecular formula is C13H12BrF4NO. The third-order valence-corrected chi connectivity index (χ3v) is 3.83. The molecule has 1 unspecified atom stereocenters. The summed E-state index contributed by atoms with van der Waals surface area (Å²) in [7, 11) is 0. The van der Waals surface area contributed by atoms with Crippen LogP contribution in [0.15, 0.2) is 22.7 Å². The highest BCUT2D eigenvalue weighted by atomic mass is 79.9. The van der Waals surface area contributed by atoms with Crippen molar-refractivity contribution in [2.24, 2.45) is 5.92 Å². The van der Waals surface area contributed by atoms with Crippen molar-refractivity contribution in [3.05, 3.63) is 34.1 Å². The van der Waals surface area contributed by atoms with E-state index in [-0.39, 0.29) is 24.9 Å². The maximum absolute atomic E-state index is 13.7. The predicted molar refractivity (Wildman–Crippen MR) is 68.8 cm³/mol. The van der Waals surface area contributed by atoms with Gasteiger partial charge in [0, 0.05) is 17.6 Å². The average molecular weight is 354 g/mol. The molecule has 0 bridgehead atoms. The first kappa shape index (κ1) is 15.3. The number of piperidine rings is 1. The first-order valence-electron chi connectivity index (χ1n) is 6.10. The van der Waals surface area contributed by atoms with Crippen molar-refractivity contribution in [2.45, 2.75) is 19.0 Å². The van der Waals surface area contributed by atoms with Crippen molar-refractivity contribution < 1.29 is 22.4 Å². The van der Waals surface area contributed by atoms with E-state index in [0.29, 0.717) is 4.47 Å². The van der Waals surface area contributed by atoms with Crippen LogP contribution in [-0.4, -0.2) is 30.1 Å². The monoisotopic (exact) mass is 353 g/mol. The minimum Gasteiger partial charge on any atom is -0.338 e. The summed E-state index contributed by atoms with van der Waals surface area (Å²) < 4.78 is 52.2. The van der Waals surface area contributed by atoms with Crippen LogP contribution in [-0.2, 0) is 0 Å². The number of hydrogen-bond donors (Lipinski definition) is 0. The van der Waals surface area contributed by atoms with Gasteiger partial charge in [-0.3, -0.25) is 4.79 Å². The first-order valence-corrected chi connectivity index (χ1v) is 6.89. The van der Waals surface area contributed by atoms with Gasteiger partial charge in [-0.25, -0.2) is 4.39 Å². The molecule has 7 heteroatoms. The van der Waals surface area contributed by atoms with Crippen molar-refractivity contribution >= 4 is 21.8 Å². The maximum atomic E-state index is 13.7. The van der Waals surface area contributed by atoms with Crippen LogP contribution < -0.4 is 0 Å². The van der Waals surface area contributed by atoms with Gasteiger partial charge in [-0.15, -0.1) is 0 Å². The molecule has 0 spiro atoms. The summed E-state index contributed by atoms with van der Waals surface area (Å²) >= 11 is 3.06. The molecule has 2 rings (SSSR count). The molecule has 1 heterocycles. The first-order chi connectivity index (χ1) is 9.29. The number of nitrogens with zero attached hydrogens (tertiary/aromatic N) is 1. The zero-order valence-corrected chi connectivity index (χ0v) is 12.0. The lowest BCUT2D eigenvalue weighted by Crippen LogP contribution is -2.44. The van der Waals surface area contributed by atoms with E-state index in [1.807, 2.05) is 0 Å². The number of carbonyl (C=O) groups is 1. The second-order valence-electron chi connectivity index (χ2n) is 4.76. The van der Waals surface area contributed by atoms with Crippen LogP contribution in [0.4, 0.5) is 17.6 Å². The molecule has 0 aromatic heterocycles. The molecule has 1 aliphatic heterocycles. The number of carbonyl (C=O) groups excluding carboxylic acids is 1. The van der Waals surface area contributed by atoms with Crippen molar-refractivity contribution in [3.63, 3.8) is 0 Å². The van der Waals surface area contributed by atoms with Gasteiger partial charge in [0.25, 0.3) is 5.91 Å². The maximum Gasteiger partial charge on any atom is 0.393 e. The highest BCUT2D eigenvalue weighted by Gasteiger charge is 2.42. The number of rotatable bonds is 1. The zero-order valence-electron chi connectivity index (χ0n) is 10.4. The van der Waals surface area contributed by atoms with Crippen LogP contribution in [0.25, 0.3) is 0 Å². The lowest BCUT2D eigenvalue weighted by molar-refractivity contribution is -0.184. The van der Waals surface area contributed by atoms with Crippen LogP contribution in [0.1, 0.15) is 23.2 Å². The SMILES string of the molecule is O=C(c1ccc(Br)cc1F)N1CCCC(C(F)(F)F)C1. The Morgan fingerprint density at radius 1 is 1.35 bits per heavy atom. The minimum atomic E-state index is -4.32. The largest absolute Gasteiger partial charge is 0.393 e. The molecule has 1 fully saturated rings. The lowest BCUT2D eigenvalue weighted by atomic mass is 9.97. The molecule has 20 heavy (non-hydrogen) atoms. The predicted octanol–water partition coefficient (Wildman–Crippen LogP) is 4.00. The number of amides is 1. The molecule has 2 nitrogen and oxygen atoms in total. The number of benzene rings is 1. The summed E-state index contributed by atoms with van der Waals surface area (Å²) in [6, 6.07) is 3.89. The summed E-state index contributed by atoms with van der Waals surface area (Å²) in [6.45, 7) is -0.182. The van der Waals surface area contributed by atoms with Gasteiger partial charge < -0.3 is 4.90 Å². The number of alkyl halides is 3. The fourth-order valence-electron chi connectivity index (χ4n) is 2.26. The van der Waals surface area contributed by atoms with Gasteiger partial charge in [-0.2, -0.15) is 13.2 Å². The van der Waals surface area contributed by atoms with Crippen LogP contribution in [0.2, 0.25) is 0 Å². The second-order valence-corrected chi connectivity index (χ2v) is 5.67. The van der Waals surface area contributed by atoms with Gasteiger partial charge in [-0.05, 0) is 31.0 Å². The Balaban J connectivity index is 2.16. The van der Waals surface area contributed by atoms with Gasteiger partial charge in [-0.1, -0.05) is 15.9 Å². The molecule has 1 aromatic carbocycles. The van der Waals surface area contributed by atoms with Crippen molar-refractivity contribution in [1.29, 1.82) is 0 Å². The molecule has 0 radical (unpaired) electrons. The Morgan fingerprint density at radius 2 is 2.05 bits per heavy atom. The van der Waals surface area contributed by atoms with E-state index in [2.05, 4.69) is 15.9 Å². The number of likely N-dealkylation sites (tertiary alicyclic amines) is 1. The van der Waals surface area contributed by atoms with Crippen molar-refractivity contribution in [2.75, 3.05) is 13.1 Å². The van der Waals surface area contributed by atoms with Gasteiger partial charge in [0.1, 0.15) is 5.82 Å². The zero-order chi connectivity index (χ0) is 14.9. The third kappa shape index (κ3) is 3.31. The smallest absolute Gasteiger partial charge is 0.338 e. The van der Waals surface area contributed by atoms with Crippen LogP contribution in [0.3, 0.4) is 0 Å². The van der Waals surface area contributed by atoms with Crippen LogP contribution in [0.5, 0.6) is 0 Å². The number of halogens is 5. The highest BCUT2D eigenvalue weighted by molar-refractivity contribution is 9.10. The fourth-order valence-corrected chi connectivity index (χ4v) is 2.60. The third-order valence-electron chi connectivity index (χ3n) is 3.33. The lowest BCUT2D eigenvalue weighted by Gasteiger charge is -2.33. The normalized spacial score (nSPS) is 20.1. The van der Waals surface area contributed by atoms with Crippen LogP contribution in [0, 0.1) is 11.7 Å². The summed E-state index contributed by atoms with van der Waals surface area (Å²) in [5.41, 5.74) is -0.198. The quantitative estimate of drug-likeness (QED) is 0.698. The molecule has 0 saturated carbocycles. The molecule has 1 saturated heterocycles. The van der Waals surface area contributed by atoms with E-state index in [9.17, 15) is 22.4 Å². The highest BCUT2D eigenvalue weighted by Crippen LogP contribution is 2.33. The van der Waals surface area contributed by atoms with Gasteiger partial charge in [0.05, 0.1) is 11.5 Å². The van der Waals surface area contributed by atoms with E-state index >= 15 is 0 Å². The topological polar surface area (TPSA) is 20.3 Å². The average Bonchev–Trinajstić information content (AvgIpc) is 2.37. The van der Waals surface area contributed by atoms with E-state index in [4.69, 9.17) is 0 Å².